The number of carbonyl (C=O) groups is 1. The largest absolute Gasteiger partial charge is 0.393 e. The fourth-order valence-electron chi connectivity index (χ4n) is 4.04. The molecule has 0 bridgehead atoms. The smallest absolute Gasteiger partial charge is 0.333 e. The van der Waals surface area contributed by atoms with Gasteiger partial charge in [-0.2, -0.15) is 8.42 Å². The number of halogens is 1. The minimum atomic E-state index is -4.10. The van der Waals surface area contributed by atoms with Crippen molar-refractivity contribution in [3.8, 4) is 0 Å². The van der Waals surface area contributed by atoms with Crippen LogP contribution in [-0.2, 0) is 14.5 Å². The van der Waals surface area contributed by atoms with E-state index in [1.54, 1.807) is 18.2 Å². The molecule has 35 heavy (non-hydrogen) atoms. The van der Waals surface area contributed by atoms with Gasteiger partial charge in [-0.15, -0.1) is 11.3 Å². The van der Waals surface area contributed by atoms with Crippen molar-refractivity contribution in [1.29, 1.82) is 0 Å². The molecule has 13 heteroatoms. The minimum absolute atomic E-state index is 0.224. The van der Waals surface area contributed by atoms with Crippen molar-refractivity contribution in [2.24, 2.45) is 16.8 Å². The van der Waals surface area contributed by atoms with E-state index in [9.17, 15) is 18.3 Å². The summed E-state index contributed by atoms with van der Waals surface area (Å²) in [7, 11) is -4.10. The second-order valence-electron chi connectivity index (χ2n) is 8.31. The molecule has 186 valence electrons. The third-order valence-electron chi connectivity index (χ3n) is 5.81. The zero-order chi connectivity index (χ0) is 25.2. The molecule has 0 spiro atoms. The Morgan fingerprint density at radius 1 is 1.31 bits per heavy atom. The van der Waals surface area contributed by atoms with E-state index in [0.717, 1.165) is 11.1 Å². The molecule has 0 radical (unpaired) electrons. The molecule has 1 aliphatic carbocycles. The summed E-state index contributed by atoms with van der Waals surface area (Å²) < 4.78 is 26.7. The van der Waals surface area contributed by atoms with Crippen molar-refractivity contribution in [1.82, 2.24) is 9.97 Å². The molecule has 0 amide bonds. The van der Waals surface area contributed by atoms with Crippen LogP contribution in [0.4, 0.5) is 5.82 Å². The summed E-state index contributed by atoms with van der Waals surface area (Å²) >= 11 is 7.34. The average molecular weight is 538 g/mol. The Bertz CT molecular complexity index is 1320. The third kappa shape index (κ3) is 6.41. The number of anilines is 1. The standard InChI is InChI=1S/C22H24ClN5O5S2/c23-15-3-1-2-12(4-15)20(24)14-6-19(34-10-14)21(30)17-8-26-11-27-22(17)28-16-5-13(18(29)7-16)9-33-35(25,31)32/h1-4,6,8,10-11,13,16,18,20,29H,5,7,9,24H2,(H2,25,31,32)(H,26,27,28)/t13-,16?,18+,20?/m1/s1. The van der Waals surface area contributed by atoms with Crippen LogP contribution in [0.15, 0.2) is 48.2 Å². The molecule has 4 rings (SSSR count). The van der Waals surface area contributed by atoms with E-state index in [2.05, 4.69) is 19.5 Å². The zero-order valence-electron chi connectivity index (χ0n) is 18.4. The summed E-state index contributed by atoms with van der Waals surface area (Å²) in [5, 5.41) is 20.7. The second kappa shape index (κ2) is 10.7. The fraction of sp³-hybridized carbons (Fsp3) is 0.318. The highest BCUT2D eigenvalue weighted by Gasteiger charge is 2.35. The third-order valence-corrected chi connectivity index (χ3v) is 7.46. The number of carbonyl (C=O) groups excluding carboxylic acids is 1. The van der Waals surface area contributed by atoms with E-state index < -0.39 is 28.4 Å². The van der Waals surface area contributed by atoms with Gasteiger partial charge in [0.15, 0.2) is 0 Å². The van der Waals surface area contributed by atoms with Gasteiger partial charge in [-0.05, 0) is 47.5 Å². The lowest BCUT2D eigenvalue weighted by molar-refractivity contribution is 0.101. The lowest BCUT2D eigenvalue weighted by Gasteiger charge is -2.15. The van der Waals surface area contributed by atoms with Crippen LogP contribution in [0.5, 0.6) is 0 Å². The molecular formula is C22H24ClN5O5S2. The molecule has 6 N–H and O–H groups in total. The molecular weight excluding hydrogens is 514 g/mol. The number of hydrogen-bond acceptors (Lipinski definition) is 10. The Hall–Kier alpha value is -2.45. The Balaban J connectivity index is 1.47. The van der Waals surface area contributed by atoms with Crippen LogP contribution in [0.2, 0.25) is 5.02 Å². The van der Waals surface area contributed by atoms with Gasteiger partial charge in [-0.3, -0.25) is 8.98 Å². The second-order valence-corrected chi connectivity index (χ2v) is 10.9. The van der Waals surface area contributed by atoms with Crippen LogP contribution in [0, 0.1) is 5.92 Å². The Labute approximate surface area is 211 Å². The van der Waals surface area contributed by atoms with Crippen LogP contribution in [-0.4, -0.2) is 48.0 Å². The number of nitrogens with zero attached hydrogens (tertiary/aromatic N) is 2. The number of benzene rings is 1. The van der Waals surface area contributed by atoms with Gasteiger partial charge >= 0.3 is 10.3 Å². The number of nitrogens with one attached hydrogen (secondary N) is 1. The lowest BCUT2D eigenvalue weighted by atomic mass is 10.0. The molecule has 1 aromatic carbocycles. The van der Waals surface area contributed by atoms with Crippen LogP contribution in [0.25, 0.3) is 0 Å². The van der Waals surface area contributed by atoms with E-state index in [0.29, 0.717) is 28.6 Å². The molecule has 0 saturated heterocycles. The van der Waals surface area contributed by atoms with Gasteiger partial charge in [0.05, 0.1) is 29.2 Å². The normalized spacial score (nSPS) is 21.1. The van der Waals surface area contributed by atoms with Crippen LogP contribution in [0.3, 0.4) is 0 Å². The number of hydrogen-bond donors (Lipinski definition) is 4. The molecule has 1 aliphatic rings. The van der Waals surface area contributed by atoms with E-state index in [1.165, 1.54) is 23.9 Å². The zero-order valence-corrected chi connectivity index (χ0v) is 20.8. The summed E-state index contributed by atoms with van der Waals surface area (Å²) in [6.45, 7) is -0.224. The van der Waals surface area contributed by atoms with Gasteiger partial charge in [0.2, 0.25) is 5.78 Å². The van der Waals surface area contributed by atoms with Gasteiger partial charge in [0.25, 0.3) is 0 Å². The summed E-state index contributed by atoms with van der Waals surface area (Å²) in [6, 6.07) is 8.30. The van der Waals surface area contributed by atoms with Crippen molar-refractivity contribution in [3.63, 3.8) is 0 Å². The van der Waals surface area contributed by atoms with Crippen LogP contribution < -0.4 is 16.2 Å². The number of nitrogens with two attached hydrogens (primary N) is 2. The Morgan fingerprint density at radius 2 is 2.11 bits per heavy atom. The number of aromatic nitrogens is 2. The molecule has 3 aromatic rings. The van der Waals surface area contributed by atoms with Crippen molar-refractivity contribution in [3.05, 3.63) is 74.8 Å². The number of aliphatic hydroxyl groups is 1. The molecule has 0 aliphatic heterocycles. The van der Waals surface area contributed by atoms with Gasteiger partial charge in [0.1, 0.15) is 12.1 Å². The molecule has 2 heterocycles. The van der Waals surface area contributed by atoms with Crippen LogP contribution >= 0.6 is 22.9 Å². The molecule has 2 aromatic heterocycles. The summed E-state index contributed by atoms with van der Waals surface area (Å²) in [5.74, 6) is -0.376. The highest BCUT2D eigenvalue weighted by atomic mass is 35.5. The molecule has 1 saturated carbocycles. The summed E-state index contributed by atoms with van der Waals surface area (Å²) in [6.07, 6.45) is 2.70. The van der Waals surface area contributed by atoms with Gasteiger partial charge in [0, 0.05) is 23.2 Å². The van der Waals surface area contributed by atoms with Gasteiger partial charge in [-0.25, -0.2) is 15.1 Å². The summed E-state index contributed by atoms with van der Waals surface area (Å²) in [4.78, 5) is 22.0. The minimum Gasteiger partial charge on any atom is -0.393 e. The van der Waals surface area contributed by atoms with E-state index in [1.807, 2.05) is 17.5 Å². The molecule has 10 nitrogen and oxygen atoms in total. The van der Waals surface area contributed by atoms with Crippen LogP contribution in [0.1, 0.15) is 45.2 Å². The molecule has 4 atom stereocenters. The predicted octanol–water partition coefficient (Wildman–Crippen LogP) is 2.24. The van der Waals surface area contributed by atoms with E-state index in [-0.39, 0.29) is 24.0 Å². The maximum absolute atomic E-state index is 13.3. The number of ketones is 1. The van der Waals surface area contributed by atoms with Crippen molar-refractivity contribution < 1.29 is 22.5 Å². The monoisotopic (exact) mass is 537 g/mol. The van der Waals surface area contributed by atoms with Crippen molar-refractivity contribution >= 4 is 44.8 Å². The van der Waals surface area contributed by atoms with Crippen molar-refractivity contribution in [2.45, 2.75) is 31.0 Å². The first kappa shape index (κ1) is 25.6. The lowest BCUT2D eigenvalue weighted by Crippen LogP contribution is -2.24. The predicted molar refractivity (Wildman–Crippen MR) is 132 cm³/mol. The van der Waals surface area contributed by atoms with E-state index >= 15 is 0 Å². The maximum Gasteiger partial charge on any atom is 0.333 e. The topological polar surface area (TPSA) is 171 Å². The average Bonchev–Trinajstić information content (AvgIpc) is 3.43. The highest BCUT2D eigenvalue weighted by Crippen LogP contribution is 2.31. The highest BCUT2D eigenvalue weighted by molar-refractivity contribution is 7.84. The summed E-state index contributed by atoms with van der Waals surface area (Å²) in [5.41, 5.74) is 8.26. The molecule has 2 unspecified atom stereocenters. The van der Waals surface area contributed by atoms with Gasteiger partial charge < -0.3 is 16.2 Å². The van der Waals surface area contributed by atoms with E-state index in [4.69, 9.17) is 22.5 Å². The number of thiophene rings is 1. The number of rotatable bonds is 9. The molecule has 1 fully saturated rings. The Kier molecular flexibility index (Phi) is 7.81. The first-order valence-electron chi connectivity index (χ1n) is 10.7. The fourth-order valence-corrected chi connectivity index (χ4v) is 5.51. The number of aliphatic hydroxyl groups excluding tert-OH is 1. The SMILES string of the molecule is NC(c1cccc(Cl)c1)c1csc(C(=O)c2cncnc2NC2C[C@H](COS(N)(=O)=O)[C@@H](O)C2)c1. The van der Waals surface area contributed by atoms with Crippen molar-refractivity contribution in [2.75, 3.05) is 11.9 Å². The maximum atomic E-state index is 13.3. The quantitative estimate of drug-likeness (QED) is 0.299. The Morgan fingerprint density at radius 3 is 2.86 bits per heavy atom. The van der Waals surface area contributed by atoms with Gasteiger partial charge in [-0.1, -0.05) is 23.7 Å². The first-order chi connectivity index (χ1) is 16.6. The first-order valence-corrected chi connectivity index (χ1v) is 13.4.